The maximum Gasteiger partial charge on any atom is 0.0939 e. The zero-order chi connectivity index (χ0) is 14.4. The van der Waals surface area contributed by atoms with Gasteiger partial charge in [0, 0.05) is 25.7 Å². The molecule has 3 heteroatoms. The van der Waals surface area contributed by atoms with Crippen LogP contribution in [-0.4, -0.2) is 38.0 Å². The Kier molecular flexibility index (Phi) is 6.31. The summed E-state index contributed by atoms with van der Waals surface area (Å²) < 4.78 is 11.7. The van der Waals surface area contributed by atoms with Gasteiger partial charge < -0.3 is 14.8 Å². The van der Waals surface area contributed by atoms with Gasteiger partial charge in [-0.2, -0.15) is 0 Å². The number of ether oxygens (including phenoxy) is 2. The van der Waals surface area contributed by atoms with Crippen LogP contribution in [0.2, 0.25) is 0 Å². The average molecular weight is 283 g/mol. The summed E-state index contributed by atoms with van der Waals surface area (Å²) in [6.45, 7) is 10.7. The Bertz CT molecular complexity index is 276. The monoisotopic (exact) mass is 283 g/mol. The quantitative estimate of drug-likeness (QED) is 0.777. The molecule has 0 aromatic rings. The van der Waals surface area contributed by atoms with E-state index in [1.54, 1.807) is 0 Å². The maximum absolute atomic E-state index is 6.10. The molecule has 4 atom stereocenters. The van der Waals surface area contributed by atoms with Crippen molar-refractivity contribution in [2.75, 3.05) is 26.4 Å². The summed E-state index contributed by atoms with van der Waals surface area (Å²) in [5.41, 5.74) is 0.0427. The van der Waals surface area contributed by atoms with Gasteiger partial charge in [0.2, 0.25) is 0 Å². The van der Waals surface area contributed by atoms with Gasteiger partial charge in [0.25, 0.3) is 0 Å². The zero-order valence-corrected chi connectivity index (χ0v) is 13.6. The van der Waals surface area contributed by atoms with Crippen LogP contribution < -0.4 is 5.32 Å². The van der Waals surface area contributed by atoms with Crippen LogP contribution in [0.1, 0.15) is 59.3 Å². The smallest absolute Gasteiger partial charge is 0.0939 e. The van der Waals surface area contributed by atoms with Crippen LogP contribution in [0.5, 0.6) is 0 Å². The van der Waals surface area contributed by atoms with Gasteiger partial charge in [0.05, 0.1) is 12.2 Å². The van der Waals surface area contributed by atoms with Crippen molar-refractivity contribution in [2.45, 2.75) is 70.9 Å². The molecule has 1 N–H and O–H groups in total. The van der Waals surface area contributed by atoms with Crippen LogP contribution in [0.3, 0.4) is 0 Å². The first kappa shape index (κ1) is 16.3. The van der Waals surface area contributed by atoms with E-state index in [9.17, 15) is 0 Å². The fourth-order valence-corrected chi connectivity index (χ4v) is 4.01. The van der Waals surface area contributed by atoms with E-state index in [2.05, 4.69) is 26.1 Å². The molecule has 2 aliphatic rings. The summed E-state index contributed by atoms with van der Waals surface area (Å²) in [5.74, 6) is 1.51. The molecule has 0 aromatic heterocycles. The third kappa shape index (κ3) is 3.96. The maximum atomic E-state index is 6.10. The first-order valence-corrected chi connectivity index (χ1v) is 8.66. The molecule has 2 fully saturated rings. The summed E-state index contributed by atoms with van der Waals surface area (Å²) in [4.78, 5) is 0. The van der Waals surface area contributed by atoms with E-state index in [0.717, 1.165) is 44.6 Å². The van der Waals surface area contributed by atoms with Crippen LogP contribution in [0, 0.1) is 11.8 Å². The van der Waals surface area contributed by atoms with E-state index in [4.69, 9.17) is 9.47 Å². The second kappa shape index (κ2) is 7.77. The average Bonchev–Trinajstić information content (AvgIpc) is 2.87. The van der Waals surface area contributed by atoms with Gasteiger partial charge in [-0.05, 0) is 44.1 Å². The Morgan fingerprint density at radius 1 is 1.25 bits per heavy atom. The second-order valence-electron chi connectivity index (χ2n) is 6.83. The fourth-order valence-electron chi connectivity index (χ4n) is 4.01. The van der Waals surface area contributed by atoms with Crippen LogP contribution in [0.4, 0.5) is 0 Å². The lowest BCUT2D eigenvalue weighted by molar-refractivity contribution is -0.105. The van der Waals surface area contributed by atoms with Gasteiger partial charge >= 0.3 is 0 Å². The number of rotatable bonds is 7. The summed E-state index contributed by atoms with van der Waals surface area (Å²) in [7, 11) is 0. The Labute approximate surface area is 124 Å². The van der Waals surface area contributed by atoms with Crippen molar-refractivity contribution in [3.63, 3.8) is 0 Å². The lowest BCUT2D eigenvalue weighted by Crippen LogP contribution is -2.49. The SMILES string of the molecule is CCCNC(C(C)CCC)C1CCOC2(CCOC2)C1. The van der Waals surface area contributed by atoms with Crippen LogP contribution >= 0.6 is 0 Å². The Morgan fingerprint density at radius 3 is 2.75 bits per heavy atom. The van der Waals surface area contributed by atoms with Crippen molar-refractivity contribution in [3.05, 3.63) is 0 Å². The van der Waals surface area contributed by atoms with Crippen LogP contribution in [-0.2, 0) is 9.47 Å². The fraction of sp³-hybridized carbons (Fsp3) is 1.00. The minimum Gasteiger partial charge on any atom is -0.378 e. The van der Waals surface area contributed by atoms with E-state index < -0.39 is 0 Å². The molecule has 0 bridgehead atoms. The standard InChI is InChI=1S/C17H33NO2/c1-4-6-14(3)16(18-9-5-2)15-7-10-20-17(12-15)8-11-19-13-17/h14-16,18H,4-13H2,1-3H3. The molecule has 4 unspecified atom stereocenters. The topological polar surface area (TPSA) is 30.5 Å². The van der Waals surface area contributed by atoms with Crippen LogP contribution in [0.25, 0.3) is 0 Å². The van der Waals surface area contributed by atoms with Crippen molar-refractivity contribution in [2.24, 2.45) is 11.8 Å². The van der Waals surface area contributed by atoms with Gasteiger partial charge in [-0.15, -0.1) is 0 Å². The van der Waals surface area contributed by atoms with Gasteiger partial charge in [-0.3, -0.25) is 0 Å². The molecule has 1 spiro atoms. The third-order valence-corrected chi connectivity index (χ3v) is 5.09. The molecule has 0 radical (unpaired) electrons. The molecule has 2 saturated heterocycles. The molecule has 2 rings (SSSR count). The van der Waals surface area contributed by atoms with Crippen molar-refractivity contribution < 1.29 is 9.47 Å². The molecule has 20 heavy (non-hydrogen) atoms. The number of nitrogens with one attached hydrogen (secondary N) is 1. The van der Waals surface area contributed by atoms with Gasteiger partial charge in [-0.25, -0.2) is 0 Å². The largest absolute Gasteiger partial charge is 0.378 e. The summed E-state index contributed by atoms with van der Waals surface area (Å²) in [6, 6.07) is 0.649. The highest BCUT2D eigenvalue weighted by molar-refractivity contribution is 4.94. The Hall–Kier alpha value is -0.120. The van der Waals surface area contributed by atoms with Gasteiger partial charge in [0.15, 0.2) is 0 Å². The minimum absolute atomic E-state index is 0.0427. The molecule has 2 aliphatic heterocycles. The molecular weight excluding hydrogens is 250 g/mol. The minimum atomic E-state index is 0.0427. The van der Waals surface area contributed by atoms with Crippen molar-refractivity contribution in [1.29, 1.82) is 0 Å². The molecule has 118 valence electrons. The summed E-state index contributed by atoms with van der Waals surface area (Å²) in [6.07, 6.45) is 7.30. The first-order chi connectivity index (χ1) is 9.71. The molecule has 0 aromatic carbocycles. The Balaban J connectivity index is 1.99. The first-order valence-electron chi connectivity index (χ1n) is 8.66. The van der Waals surface area contributed by atoms with Crippen LogP contribution in [0.15, 0.2) is 0 Å². The number of hydrogen-bond acceptors (Lipinski definition) is 3. The van der Waals surface area contributed by atoms with E-state index in [0.29, 0.717) is 6.04 Å². The normalized spacial score (nSPS) is 33.5. The second-order valence-corrected chi connectivity index (χ2v) is 6.83. The summed E-state index contributed by atoms with van der Waals surface area (Å²) in [5, 5.41) is 3.83. The zero-order valence-electron chi connectivity index (χ0n) is 13.6. The molecule has 3 nitrogen and oxygen atoms in total. The lowest BCUT2D eigenvalue weighted by Gasteiger charge is -2.42. The molecule has 0 aliphatic carbocycles. The molecular formula is C17H33NO2. The number of hydrogen-bond donors (Lipinski definition) is 1. The highest BCUT2D eigenvalue weighted by atomic mass is 16.6. The van der Waals surface area contributed by atoms with Crippen molar-refractivity contribution in [1.82, 2.24) is 5.32 Å². The van der Waals surface area contributed by atoms with E-state index in [1.165, 1.54) is 32.1 Å². The van der Waals surface area contributed by atoms with Gasteiger partial charge in [-0.1, -0.05) is 27.2 Å². The summed E-state index contributed by atoms with van der Waals surface area (Å²) >= 11 is 0. The highest BCUT2D eigenvalue weighted by Gasteiger charge is 2.43. The highest BCUT2D eigenvalue weighted by Crippen LogP contribution is 2.38. The molecule has 0 saturated carbocycles. The lowest BCUT2D eigenvalue weighted by atomic mass is 9.76. The third-order valence-electron chi connectivity index (χ3n) is 5.09. The van der Waals surface area contributed by atoms with E-state index in [-0.39, 0.29) is 5.60 Å². The molecule has 2 heterocycles. The Morgan fingerprint density at radius 2 is 2.10 bits per heavy atom. The van der Waals surface area contributed by atoms with Crippen molar-refractivity contribution in [3.8, 4) is 0 Å². The van der Waals surface area contributed by atoms with Crippen molar-refractivity contribution >= 4 is 0 Å². The predicted octanol–water partition coefficient (Wildman–Crippen LogP) is 3.38. The van der Waals surface area contributed by atoms with E-state index >= 15 is 0 Å². The molecule has 0 amide bonds. The predicted molar refractivity (Wildman–Crippen MR) is 83.0 cm³/mol. The van der Waals surface area contributed by atoms with E-state index in [1.807, 2.05) is 0 Å². The van der Waals surface area contributed by atoms with Gasteiger partial charge in [0.1, 0.15) is 0 Å².